The fraction of sp³-hybridized carbons (Fsp3) is 0.650. The Labute approximate surface area is 166 Å². The maximum Gasteiger partial charge on any atom is 0.227 e. The van der Waals surface area contributed by atoms with Crippen LogP contribution in [0.15, 0.2) is 23.3 Å². The number of aryl methyl sites for hydroxylation is 1. The third-order valence-electron chi connectivity index (χ3n) is 4.89. The van der Waals surface area contributed by atoms with Gasteiger partial charge >= 0.3 is 0 Å². The molecule has 2 aliphatic rings. The summed E-state index contributed by atoms with van der Waals surface area (Å²) in [6.07, 6.45) is 4.46. The minimum Gasteiger partial charge on any atom is -0.375 e. The highest BCUT2D eigenvalue weighted by atomic mass is 16.5. The minimum atomic E-state index is -0.0878. The first kappa shape index (κ1) is 20.5. The molecule has 2 atom stereocenters. The summed E-state index contributed by atoms with van der Waals surface area (Å²) in [6.45, 7) is 8.23. The molecule has 0 radical (unpaired) electrons. The third kappa shape index (κ3) is 5.90. The summed E-state index contributed by atoms with van der Waals surface area (Å²) >= 11 is 0. The first-order chi connectivity index (χ1) is 13.7. The number of aromatic nitrogens is 1. The van der Waals surface area contributed by atoms with Crippen molar-refractivity contribution < 1.29 is 14.3 Å². The highest BCUT2D eigenvalue weighted by Gasteiger charge is 2.32. The fourth-order valence-electron chi connectivity index (χ4n) is 3.42. The second-order valence-corrected chi connectivity index (χ2v) is 7.16. The first-order valence-electron chi connectivity index (χ1n) is 10.1. The number of hydrogen-bond acceptors (Lipinski definition) is 5. The Kier molecular flexibility index (Phi) is 7.62. The average Bonchev–Trinajstić information content (AvgIpc) is 3.24. The predicted octanol–water partition coefficient (Wildman–Crippen LogP) is 1.56. The number of nitrogens with zero attached hydrogens (tertiary/aromatic N) is 3. The van der Waals surface area contributed by atoms with Crippen molar-refractivity contribution in [3.63, 3.8) is 0 Å². The van der Waals surface area contributed by atoms with Crippen LogP contribution in [-0.2, 0) is 14.3 Å². The maximum absolute atomic E-state index is 12.1. The van der Waals surface area contributed by atoms with E-state index in [0.717, 1.165) is 50.6 Å². The largest absolute Gasteiger partial charge is 0.375 e. The molecule has 2 aliphatic heterocycles. The molecule has 8 heteroatoms. The van der Waals surface area contributed by atoms with Gasteiger partial charge in [0, 0.05) is 38.9 Å². The standard InChI is InChI=1S/C20H31N5O3/c1-3-21-20(25-10-12-28-17(14-25)16-5-4-11-27-16)22-9-8-19(26)24-18-7-6-15(2)13-23-18/h6-7,13,16-17H,3-5,8-12,14H2,1-2H3,(H,21,22)(H,23,24,26). The molecule has 0 aromatic carbocycles. The Morgan fingerprint density at radius 3 is 2.89 bits per heavy atom. The minimum absolute atomic E-state index is 0.0796. The van der Waals surface area contributed by atoms with Gasteiger partial charge in [0.05, 0.1) is 19.3 Å². The van der Waals surface area contributed by atoms with Crippen molar-refractivity contribution in [3.8, 4) is 0 Å². The van der Waals surface area contributed by atoms with Crippen molar-refractivity contribution in [1.29, 1.82) is 0 Å². The highest BCUT2D eigenvalue weighted by molar-refractivity contribution is 5.90. The quantitative estimate of drug-likeness (QED) is 0.567. The second kappa shape index (κ2) is 10.4. The van der Waals surface area contributed by atoms with Crippen molar-refractivity contribution >= 4 is 17.7 Å². The molecule has 154 valence electrons. The zero-order chi connectivity index (χ0) is 19.8. The van der Waals surface area contributed by atoms with E-state index in [2.05, 4.69) is 25.5 Å². The van der Waals surface area contributed by atoms with Gasteiger partial charge in [-0.25, -0.2) is 4.98 Å². The number of ether oxygens (including phenoxy) is 2. The third-order valence-corrected chi connectivity index (χ3v) is 4.89. The summed E-state index contributed by atoms with van der Waals surface area (Å²) in [5.74, 6) is 1.31. The van der Waals surface area contributed by atoms with Gasteiger partial charge < -0.3 is 25.0 Å². The molecule has 3 heterocycles. The number of pyridine rings is 1. The van der Waals surface area contributed by atoms with Crippen molar-refractivity contribution in [2.24, 2.45) is 4.99 Å². The van der Waals surface area contributed by atoms with Crippen molar-refractivity contribution in [1.82, 2.24) is 15.2 Å². The van der Waals surface area contributed by atoms with E-state index in [-0.39, 0.29) is 18.1 Å². The number of anilines is 1. The molecule has 0 saturated carbocycles. The normalized spacial score (nSPS) is 22.9. The van der Waals surface area contributed by atoms with E-state index < -0.39 is 0 Å². The molecular formula is C20H31N5O3. The number of rotatable bonds is 6. The van der Waals surface area contributed by atoms with Crippen LogP contribution < -0.4 is 10.6 Å². The second-order valence-electron chi connectivity index (χ2n) is 7.16. The van der Waals surface area contributed by atoms with E-state index >= 15 is 0 Å². The predicted molar refractivity (Wildman–Crippen MR) is 108 cm³/mol. The molecule has 2 saturated heterocycles. The molecule has 2 N–H and O–H groups in total. The van der Waals surface area contributed by atoms with Gasteiger partial charge in [-0.15, -0.1) is 0 Å². The van der Waals surface area contributed by atoms with Gasteiger partial charge in [0.15, 0.2) is 5.96 Å². The maximum atomic E-state index is 12.1. The number of aliphatic imine (C=N–C) groups is 1. The lowest BCUT2D eigenvalue weighted by molar-refractivity contribution is -0.116. The summed E-state index contributed by atoms with van der Waals surface area (Å²) in [6, 6.07) is 3.73. The molecule has 1 aromatic rings. The summed E-state index contributed by atoms with van der Waals surface area (Å²) in [5, 5.41) is 6.14. The molecule has 1 aromatic heterocycles. The molecular weight excluding hydrogens is 358 g/mol. The van der Waals surface area contributed by atoms with Crippen molar-refractivity contribution in [3.05, 3.63) is 23.9 Å². The summed E-state index contributed by atoms with van der Waals surface area (Å²) in [5.41, 5.74) is 1.06. The van der Waals surface area contributed by atoms with Crippen LogP contribution in [0.3, 0.4) is 0 Å². The highest BCUT2D eigenvalue weighted by Crippen LogP contribution is 2.21. The van der Waals surface area contributed by atoms with Crippen LogP contribution >= 0.6 is 0 Å². The number of carbonyl (C=O) groups excluding carboxylic acids is 1. The van der Waals surface area contributed by atoms with E-state index in [1.54, 1.807) is 12.3 Å². The molecule has 1 amide bonds. The van der Waals surface area contributed by atoms with E-state index in [1.165, 1.54) is 0 Å². The van der Waals surface area contributed by atoms with Gasteiger partial charge in [0.25, 0.3) is 0 Å². The molecule has 2 unspecified atom stereocenters. The average molecular weight is 390 g/mol. The van der Waals surface area contributed by atoms with Gasteiger partial charge in [-0.05, 0) is 38.3 Å². The van der Waals surface area contributed by atoms with Gasteiger partial charge in [-0.3, -0.25) is 9.79 Å². The lowest BCUT2D eigenvalue weighted by atomic mass is 10.1. The Balaban J connectivity index is 1.51. The van der Waals surface area contributed by atoms with Gasteiger partial charge in [-0.1, -0.05) is 6.07 Å². The van der Waals surface area contributed by atoms with Crippen LogP contribution in [0, 0.1) is 6.92 Å². The fourth-order valence-corrected chi connectivity index (χ4v) is 3.42. The molecule has 28 heavy (non-hydrogen) atoms. The molecule has 2 fully saturated rings. The smallest absolute Gasteiger partial charge is 0.227 e. The monoisotopic (exact) mass is 389 g/mol. The van der Waals surface area contributed by atoms with Gasteiger partial charge in [-0.2, -0.15) is 0 Å². The van der Waals surface area contributed by atoms with Crippen LogP contribution in [0.2, 0.25) is 0 Å². The summed E-state index contributed by atoms with van der Waals surface area (Å²) in [7, 11) is 0. The lowest BCUT2D eigenvalue weighted by Crippen LogP contribution is -2.53. The Morgan fingerprint density at radius 2 is 2.18 bits per heavy atom. The van der Waals surface area contributed by atoms with E-state index in [1.807, 2.05) is 19.9 Å². The lowest BCUT2D eigenvalue weighted by Gasteiger charge is -2.37. The van der Waals surface area contributed by atoms with Gasteiger partial charge in [0.1, 0.15) is 11.9 Å². The van der Waals surface area contributed by atoms with E-state index in [4.69, 9.17) is 9.47 Å². The first-order valence-corrected chi connectivity index (χ1v) is 10.1. The summed E-state index contributed by atoms with van der Waals surface area (Å²) < 4.78 is 11.7. The Hall–Kier alpha value is -2.19. The van der Waals surface area contributed by atoms with E-state index in [9.17, 15) is 4.79 Å². The van der Waals surface area contributed by atoms with Crippen LogP contribution in [-0.4, -0.2) is 73.4 Å². The Bertz CT molecular complexity index is 658. The molecule has 0 bridgehead atoms. The van der Waals surface area contributed by atoms with Crippen LogP contribution in [0.1, 0.15) is 31.7 Å². The van der Waals surface area contributed by atoms with Crippen LogP contribution in [0.4, 0.5) is 5.82 Å². The number of morpholine rings is 1. The van der Waals surface area contributed by atoms with Crippen molar-refractivity contribution in [2.45, 2.75) is 45.3 Å². The van der Waals surface area contributed by atoms with Crippen molar-refractivity contribution in [2.75, 3.05) is 44.7 Å². The number of hydrogen-bond donors (Lipinski definition) is 2. The topological polar surface area (TPSA) is 88.1 Å². The number of amides is 1. The van der Waals surface area contributed by atoms with Gasteiger partial charge in [0.2, 0.25) is 5.91 Å². The Morgan fingerprint density at radius 1 is 1.32 bits per heavy atom. The number of carbonyl (C=O) groups is 1. The van der Waals surface area contributed by atoms with Crippen LogP contribution in [0.5, 0.6) is 0 Å². The molecule has 8 nitrogen and oxygen atoms in total. The zero-order valence-electron chi connectivity index (χ0n) is 16.8. The zero-order valence-corrected chi connectivity index (χ0v) is 16.8. The molecule has 3 rings (SSSR count). The SMILES string of the molecule is CCNC(=NCCC(=O)Nc1ccc(C)cn1)N1CCOC(C2CCCO2)C1. The van der Waals surface area contributed by atoms with Crippen LogP contribution in [0.25, 0.3) is 0 Å². The number of nitrogens with one attached hydrogen (secondary N) is 2. The summed E-state index contributed by atoms with van der Waals surface area (Å²) in [4.78, 5) is 23.2. The number of guanidine groups is 1. The molecule has 0 spiro atoms. The van der Waals surface area contributed by atoms with E-state index in [0.29, 0.717) is 25.4 Å². The molecule has 0 aliphatic carbocycles.